The van der Waals surface area contributed by atoms with Gasteiger partial charge >= 0.3 is 0 Å². The molecule has 1 amide bonds. The number of hydrogen-bond acceptors (Lipinski definition) is 4. The zero-order valence-electron chi connectivity index (χ0n) is 20.4. The third kappa shape index (κ3) is 6.17. The van der Waals surface area contributed by atoms with Gasteiger partial charge in [-0.3, -0.25) is 4.79 Å². The fraction of sp³-hybridized carbons (Fsp3) is 0.731. The molecule has 1 aromatic rings. The first kappa shape index (κ1) is 24.7. The molecule has 2 heterocycles. The van der Waals surface area contributed by atoms with Crippen molar-refractivity contribution in [3.8, 4) is 0 Å². The Bertz CT molecular complexity index is 911. The van der Waals surface area contributed by atoms with Gasteiger partial charge in [-0.1, -0.05) is 25.3 Å². The van der Waals surface area contributed by atoms with Crippen molar-refractivity contribution in [1.82, 2.24) is 14.5 Å². The Morgan fingerprint density at radius 2 is 1.58 bits per heavy atom. The minimum Gasteiger partial charge on any atom is -0.353 e. The highest BCUT2D eigenvalue weighted by Crippen LogP contribution is 2.27. The van der Waals surface area contributed by atoms with Crippen molar-refractivity contribution in [3.63, 3.8) is 0 Å². The predicted octanol–water partition coefficient (Wildman–Crippen LogP) is 3.87. The van der Waals surface area contributed by atoms with Gasteiger partial charge in [-0.2, -0.15) is 4.31 Å². The highest BCUT2D eigenvalue weighted by Gasteiger charge is 2.33. The van der Waals surface area contributed by atoms with E-state index in [1.54, 1.807) is 16.4 Å². The molecule has 4 rings (SSSR count). The van der Waals surface area contributed by atoms with Crippen molar-refractivity contribution in [2.45, 2.75) is 82.6 Å². The molecule has 0 aromatic heterocycles. The van der Waals surface area contributed by atoms with E-state index in [0.29, 0.717) is 30.8 Å². The van der Waals surface area contributed by atoms with Crippen molar-refractivity contribution in [2.24, 2.45) is 11.8 Å². The van der Waals surface area contributed by atoms with E-state index < -0.39 is 10.0 Å². The Balaban J connectivity index is 1.21. The molecular weight excluding hydrogens is 434 g/mol. The van der Waals surface area contributed by atoms with Gasteiger partial charge in [0.1, 0.15) is 0 Å². The first-order valence-electron chi connectivity index (χ1n) is 12.9. The van der Waals surface area contributed by atoms with Crippen LogP contribution in [0, 0.1) is 25.7 Å². The average molecular weight is 476 g/mol. The molecule has 0 unspecified atom stereocenters. The summed E-state index contributed by atoms with van der Waals surface area (Å²) in [6.45, 7) is 8.12. The van der Waals surface area contributed by atoms with E-state index in [0.717, 1.165) is 43.0 Å². The van der Waals surface area contributed by atoms with Crippen LogP contribution in [0.1, 0.15) is 68.9 Å². The summed E-state index contributed by atoms with van der Waals surface area (Å²) < 4.78 is 27.6. The van der Waals surface area contributed by atoms with Crippen LogP contribution in [0.25, 0.3) is 0 Å². The number of nitrogens with zero attached hydrogens (tertiary/aromatic N) is 2. The highest BCUT2D eigenvalue weighted by atomic mass is 32.2. The lowest BCUT2D eigenvalue weighted by Crippen LogP contribution is -2.49. The molecule has 2 saturated heterocycles. The number of sulfonamides is 1. The van der Waals surface area contributed by atoms with Crippen LogP contribution in [-0.2, 0) is 14.8 Å². The molecule has 6 nitrogen and oxygen atoms in total. The first-order chi connectivity index (χ1) is 15.8. The molecule has 0 spiro atoms. The topological polar surface area (TPSA) is 69.7 Å². The van der Waals surface area contributed by atoms with Crippen LogP contribution in [0.2, 0.25) is 0 Å². The molecule has 1 N–H and O–H groups in total. The van der Waals surface area contributed by atoms with E-state index in [2.05, 4.69) is 10.2 Å². The van der Waals surface area contributed by atoms with Crippen LogP contribution in [-0.4, -0.2) is 62.3 Å². The first-order valence-corrected chi connectivity index (χ1v) is 14.4. The number of aryl methyl sites for hydroxylation is 2. The van der Waals surface area contributed by atoms with Gasteiger partial charge in [0.25, 0.3) is 0 Å². The molecule has 3 aliphatic rings. The fourth-order valence-corrected chi connectivity index (χ4v) is 7.25. The van der Waals surface area contributed by atoms with Crippen molar-refractivity contribution < 1.29 is 13.2 Å². The number of nitrogens with one attached hydrogen (secondary N) is 1. The van der Waals surface area contributed by atoms with Gasteiger partial charge in [-0.15, -0.1) is 0 Å². The molecule has 184 valence electrons. The number of carbonyl (C=O) groups is 1. The number of amides is 1. The van der Waals surface area contributed by atoms with Crippen LogP contribution < -0.4 is 5.32 Å². The molecule has 0 radical (unpaired) electrons. The molecule has 33 heavy (non-hydrogen) atoms. The van der Waals surface area contributed by atoms with Crippen LogP contribution in [0.15, 0.2) is 23.1 Å². The number of benzene rings is 1. The number of likely N-dealkylation sites (tertiary alicyclic amines) is 1. The van der Waals surface area contributed by atoms with Crippen molar-refractivity contribution in [3.05, 3.63) is 29.3 Å². The van der Waals surface area contributed by atoms with E-state index in [4.69, 9.17) is 0 Å². The number of hydrogen-bond donors (Lipinski definition) is 1. The normalized spacial score (nSPS) is 23.0. The van der Waals surface area contributed by atoms with E-state index in [1.807, 2.05) is 19.9 Å². The molecule has 3 fully saturated rings. The SMILES string of the molecule is Cc1ccc(S(=O)(=O)N2CCC(C(=O)NC3CCN(CC4CCCCC4)CC3)CC2)cc1C. The summed E-state index contributed by atoms with van der Waals surface area (Å²) in [6.07, 6.45) is 10.2. The van der Waals surface area contributed by atoms with Gasteiger partial charge in [0, 0.05) is 44.7 Å². The predicted molar refractivity (Wildman–Crippen MR) is 132 cm³/mol. The summed E-state index contributed by atoms with van der Waals surface area (Å²) in [6, 6.07) is 5.57. The number of piperidine rings is 2. The Kier molecular flexibility index (Phi) is 8.13. The lowest BCUT2D eigenvalue weighted by Gasteiger charge is -2.36. The maximum Gasteiger partial charge on any atom is 0.243 e. The molecule has 7 heteroatoms. The molecule has 1 saturated carbocycles. The van der Waals surface area contributed by atoms with Gasteiger partial charge < -0.3 is 10.2 Å². The van der Waals surface area contributed by atoms with Gasteiger partial charge in [0.2, 0.25) is 15.9 Å². The highest BCUT2D eigenvalue weighted by molar-refractivity contribution is 7.89. The maximum absolute atomic E-state index is 13.0. The number of rotatable bonds is 6. The van der Waals surface area contributed by atoms with Crippen molar-refractivity contribution in [1.29, 1.82) is 0 Å². The Morgan fingerprint density at radius 1 is 0.909 bits per heavy atom. The maximum atomic E-state index is 13.0. The smallest absolute Gasteiger partial charge is 0.243 e. The summed E-state index contributed by atoms with van der Waals surface area (Å²) in [4.78, 5) is 15.8. The Morgan fingerprint density at radius 3 is 2.21 bits per heavy atom. The largest absolute Gasteiger partial charge is 0.353 e. The van der Waals surface area contributed by atoms with Crippen LogP contribution >= 0.6 is 0 Å². The fourth-order valence-electron chi connectivity index (χ4n) is 5.70. The second-order valence-electron chi connectivity index (χ2n) is 10.5. The summed E-state index contributed by atoms with van der Waals surface area (Å²) >= 11 is 0. The minimum absolute atomic E-state index is 0.0866. The summed E-state index contributed by atoms with van der Waals surface area (Å²) in [5.74, 6) is 0.899. The third-order valence-electron chi connectivity index (χ3n) is 8.12. The van der Waals surface area contributed by atoms with Gasteiger partial charge in [-0.05, 0) is 81.5 Å². The van der Waals surface area contributed by atoms with Gasteiger partial charge in [0.15, 0.2) is 0 Å². The van der Waals surface area contributed by atoms with Gasteiger partial charge in [-0.25, -0.2) is 8.42 Å². The lowest BCUT2D eigenvalue weighted by atomic mass is 9.88. The van der Waals surface area contributed by atoms with Crippen molar-refractivity contribution in [2.75, 3.05) is 32.7 Å². The molecular formula is C26H41N3O3S. The third-order valence-corrected chi connectivity index (χ3v) is 10.0. The monoisotopic (exact) mass is 475 g/mol. The zero-order chi connectivity index (χ0) is 23.4. The van der Waals surface area contributed by atoms with Crippen LogP contribution in [0.3, 0.4) is 0 Å². The summed E-state index contributed by atoms with van der Waals surface area (Å²) in [5, 5.41) is 3.28. The molecule has 1 aromatic carbocycles. The molecule has 0 atom stereocenters. The van der Waals surface area contributed by atoms with Gasteiger partial charge in [0.05, 0.1) is 4.90 Å². The van der Waals surface area contributed by atoms with Crippen LogP contribution in [0.5, 0.6) is 0 Å². The number of carbonyl (C=O) groups excluding carboxylic acids is 1. The lowest BCUT2D eigenvalue weighted by molar-refractivity contribution is -0.127. The van der Waals surface area contributed by atoms with Crippen molar-refractivity contribution >= 4 is 15.9 Å². The second kappa shape index (κ2) is 10.9. The average Bonchev–Trinajstić information content (AvgIpc) is 2.83. The quantitative estimate of drug-likeness (QED) is 0.678. The molecule has 2 aliphatic heterocycles. The van der Waals surface area contributed by atoms with E-state index in [9.17, 15) is 13.2 Å². The minimum atomic E-state index is -3.50. The summed E-state index contributed by atoms with van der Waals surface area (Å²) in [5.41, 5.74) is 2.07. The second-order valence-corrected chi connectivity index (χ2v) is 12.4. The standard InChI is InChI=1S/C26H41N3O3S/c1-20-8-9-25(18-21(20)2)33(31,32)29-16-10-23(11-17-29)26(30)27-24-12-14-28(15-13-24)19-22-6-4-3-5-7-22/h8-9,18,22-24H,3-7,10-17,19H2,1-2H3,(H,27,30). The summed E-state index contributed by atoms with van der Waals surface area (Å²) in [7, 11) is -3.50. The van der Waals surface area contributed by atoms with E-state index in [1.165, 1.54) is 38.6 Å². The van der Waals surface area contributed by atoms with E-state index in [-0.39, 0.29) is 17.9 Å². The Labute approximate surface area is 200 Å². The zero-order valence-corrected chi connectivity index (χ0v) is 21.2. The van der Waals surface area contributed by atoms with E-state index >= 15 is 0 Å². The Hall–Kier alpha value is -1.44. The molecule has 0 bridgehead atoms. The molecule has 1 aliphatic carbocycles. The van der Waals surface area contributed by atoms with Crippen LogP contribution in [0.4, 0.5) is 0 Å².